The number of rotatable bonds is 5. The fraction of sp³-hybridized carbons (Fsp3) is 0.714. The summed E-state index contributed by atoms with van der Waals surface area (Å²) >= 11 is 0. The number of nitrogens with zero attached hydrogens (tertiary/aromatic N) is 2. The molecule has 1 aliphatic rings. The first-order valence-corrected chi connectivity index (χ1v) is 7.21. The maximum atomic E-state index is 12.5. The molecule has 0 bridgehead atoms. The average Bonchev–Trinajstić information content (AvgIpc) is 2.82. The monoisotopic (exact) mass is 264 g/mol. The molecule has 1 aromatic rings. The van der Waals surface area contributed by atoms with Gasteiger partial charge in [-0.1, -0.05) is 6.92 Å². The summed E-state index contributed by atoms with van der Waals surface area (Å²) in [6.07, 6.45) is 3.54. The van der Waals surface area contributed by atoms with Crippen LogP contribution in [0.2, 0.25) is 0 Å². The highest BCUT2D eigenvalue weighted by molar-refractivity contribution is 5.78. The van der Waals surface area contributed by atoms with Crippen molar-refractivity contribution in [2.75, 3.05) is 19.6 Å². The van der Waals surface area contributed by atoms with Crippen molar-refractivity contribution in [2.45, 2.75) is 45.6 Å². The molecule has 1 amide bonds. The van der Waals surface area contributed by atoms with Gasteiger partial charge in [-0.15, -0.1) is 0 Å². The molecule has 2 heterocycles. The summed E-state index contributed by atoms with van der Waals surface area (Å²) < 4.78 is 0. The number of hydrogen-bond donors (Lipinski definition) is 2. The minimum absolute atomic E-state index is 0.209. The van der Waals surface area contributed by atoms with Gasteiger partial charge in [0.1, 0.15) is 0 Å². The molecule has 19 heavy (non-hydrogen) atoms. The van der Waals surface area contributed by atoms with E-state index in [9.17, 15) is 4.79 Å². The van der Waals surface area contributed by atoms with Crippen molar-refractivity contribution in [3.63, 3.8) is 0 Å². The van der Waals surface area contributed by atoms with Gasteiger partial charge in [-0.2, -0.15) is 5.10 Å². The molecule has 106 valence electrons. The highest BCUT2D eigenvalue weighted by atomic mass is 16.2. The molecule has 5 heteroatoms. The second-order valence-corrected chi connectivity index (χ2v) is 5.29. The van der Waals surface area contributed by atoms with Crippen molar-refractivity contribution in [2.24, 2.45) is 0 Å². The second-order valence-electron chi connectivity index (χ2n) is 5.29. The standard InChI is InChI=1S/C14H24N4O/c1-3-8-18(13-4-6-15-7-5-13)14(19)10-12-9-11(2)16-17-12/h9,13,15H,3-8,10H2,1-2H3,(H,16,17). The Hall–Kier alpha value is -1.36. The van der Waals surface area contributed by atoms with Gasteiger partial charge in [-0.25, -0.2) is 0 Å². The molecular formula is C14H24N4O. The molecule has 1 aliphatic heterocycles. The smallest absolute Gasteiger partial charge is 0.228 e. The van der Waals surface area contributed by atoms with Crippen molar-refractivity contribution in [3.05, 3.63) is 17.5 Å². The average molecular weight is 264 g/mol. The summed E-state index contributed by atoms with van der Waals surface area (Å²) in [6.45, 7) is 6.96. The number of amides is 1. The lowest BCUT2D eigenvalue weighted by Crippen LogP contribution is -2.47. The van der Waals surface area contributed by atoms with Crippen LogP contribution in [0.15, 0.2) is 6.07 Å². The number of aryl methyl sites for hydroxylation is 1. The SMILES string of the molecule is CCCN(C(=O)Cc1cc(C)[nH]n1)C1CCNCC1. The van der Waals surface area contributed by atoms with Gasteiger partial charge in [0.15, 0.2) is 0 Å². The second kappa shape index (κ2) is 6.70. The summed E-state index contributed by atoms with van der Waals surface area (Å²) in [5.74, 6) is 0.209. The summed E-state index contributed by atoms with van der Waals surface area (Å²) in [5, 5.41) is 10.4. The maximum Gasteiger partial charge on any atom is 0.228 e. The zero-order valence-electron chi connectivity index (χ0n) is 11.9. The highest BCUT2D eigenvalue weighted by Crippen LogP contribution is 2.14. The van der Waals surface area contributed by atoms with E-state index in [-0.39, 0.29) is 5.91 Å². The number of aromatic amines is 1. The number of H-pyrrole nitrogens is 1. The Bertz CT molecular complexity index is 409. The molecule has 2 N–H and O–H groups in total. The molecule has 0 saturated carbocycles. The van der Waals surface area contributed by atoms with Gasteiger partial charge in [0, 0.05) is 18.3 Å². The fourth-order valence-electron chi connectivity index (χ4n) is 2.69. The first-order valence-electron chi connectivity index (χ1n) is 7.21. The van der Waals surface area contributed by atoms with Crippen LogP contribution in [0.1, 0.15) is 37.6 Å². The molecule has 1 fully saturated rings. The summed E-state index contributed by atoms with van der Waals surface area (Å²) in [4.78, 5) is 14.5. The van der Waals surface area contributed by atoms with Crippen LogP contribution in [-0.4, -0.2) is 46.7 Å². The third-order valence-electron chi connectivity index (χ3n) is 3.63. The van der Waals surface area contributed by atoms with E-state index in [1.807, 2.05) is 13.0 Å². The Morgan fingerprint density at radius 1 is 1.47 bits per heavy atom. The summed E-state index contributed by atoms with van der Waals surface area (Å²) in [7, 11) is 0. The fourth-order valence-corrected chi connectivity index (χ4v) is 2.69. The molecule has 0 aromatic carbocycles. The summed E-state index contributed by atoms with van der Waals surface area (Å²) in [5.41, 5.74) is 1.85. The van der Waals surface area contributed by atoms with E-state index < -0.39 is 0 Å². The molecule has 5 nitrogen and oxygen atoms in total. The molecule has 0 aliphatic carbocycles. The Labute approximate surface area is 114 Å². The molecule has 0 spiro atoms. The van der Waals surface area contributed by atoms with Gasteiger partial charge in [0.05, 0.1) is 12.1 Å². The third-order valence-corrected chi connectivity index (χ3v) is 3.63. The van der Waals surface area contributed by atoms with E-state index in [2.05, 4.69) is 27.3 Å². The minimum Gasteiger partial charge on any atom is -0.339 e. The number of carbonyl (C=O) groups is 1. The molecule has 0 atom stereocenters. The Morgan fingerprint density at radius 3 is 2.79 bits per heavy atom. The highest BCUT2D eigenvalue weighted by Gasteiger charge is 2.24. The van der Waals surface area contributed by atoms with Crippen molar-refractivity contribution in [1.82, 2.24) is 20.4 Å². The van der Waals surface area contributed by atoms with Gasteiger partial charge < -0.3 is 10.2 Å². The van der Waals surface area contributed by atoms with Crippen molar-refractivity contribution < 1.29 is 4.79 Å². The van der Waals surface area contributed by atoms with Crippen molar-refractivity contribution in [1.29, 1.82) is 0 Å². The molecule has 0 unspecified atom stereocenters. The van der Waals surface area contributed by atoms with Crippen LogP contribution in [0.4, 0.5) is 0 Å². The van der Waals surface area contributed by atoms with Crippen molar-refractivity contribution in [3.8, 4) is 0 Å². The number of aromatic nitrogens is 2. The van der Waals surface area contributed by atoms with Crippen LogP contribution in [0.3, 0.4) is 0 Å². The van der Waals surface area contributed by atoms with E-state index in [0.29, 0.717) is 12.5 Å². The van der Waals surface area contributed by atoms with E-state index in [1.54, 1.807) is 0 Å². The maximum absolute atomic E-state index is 12.5. The van der Waals surface area contributed by atoms with E-state index in [4.69, 9.17) is 0 Å². The molecule has 1 aromatic heterocycles. The van der Waals surface area contributed by atoms with Gasteiger partial charge in [0.2, 0.25) is 5.91 Å². The largest absolute Gasteiger partial charge is 0.339 e. The Kier molecular flexibility index (Phi) is 4.96. The van der Waals surface area contributed by atoms with Crippen LogP contribution in [0, 0.1) is 6.92 Å². The zero-order valence-corrected chi connectivity index (χ0v) is 11.9. The number of carbonyl (C=O) groups excluding carboxylic acids is 1. The first kappa shape index (κ1) is 14.1. The normalized spacial score (nSPS) is 16.5. The Morgan fingerprint density at radius 2 is 2.21 bits per heavy atom. The van der Waals surface area contributed by atoms with E-state index in [0.717, 1.165) is 50.3 Å². The van der Waals surface area contributed by atoms with E-state index >= 15 is 0 Å². The number of nitrogens with one attached hydrogen (secondary N) is 2. The van der Waals surface area contributed by atoms with Gasteiger partial charge in [-0.3, -0.25) is 9.89 Å². The number of hydrogen-bond acceptors (Lipinski definition) is 3. The Balaban J connectivity index is 1.98. The van der Waals surface area contributed by atoms with Gasteiger partial charge in [-0.05, 0) is 45.3 Å². The lowest BCUT2D eigenvalue weighted by atomic mass is 10.0. The van der Waals surface area contributed by atoms with Gasteiger partial charge >= 0.3 is 0 Å². The molecule has 0 radical (unpaired) electrons. The van der Waals surface area contributed by atoms with Crippen LogP contribution in [0.25, 0.3) is 0 Å². The number of piperidine rings is 1. The van der Waals surface area contributed by atoms with Crippen LogP contribution in [0.5, 0.6) is 0 Å². The predicted molar refractivity (Wildman–Crippen MR) is 74.9 cm³/mol. The van der Waals surface area contributed by atoms with E-state index in [1.165, 1.54) is 0 Å². The van der Waals surface area contributed by atoms with Gasteiger partial charge in [0.25, 0.3) is 0 Å². The summed E-state index contributed by atoms with van der Waals surface area (Å²) in [6, 6.07) is 2.35. The van der Waals surface area contributed by atoms with Crippen molar-refractivity contribution >= 4 is 5.91 Å². The first-order chi connectivity index (χ1) is 9.20. The molecule has 1 saturated heterocycles. The van der Waals surface area contributed by atoms with Crippen LogP contribution < -0.4 is 5.32 Å². The predicted octanol–water partition coefficient (Wildman–Crippen LogP) is 1.25. The van der Waals surface area contributed by atoms with Crippen LogP contribution in [-0.2, 0) is 11.2 Å². The lowest BCUT2D eigenvalue weighted by molar-refractivity contribution is -0.133. The van der Waals surface area contributed by atoms with Crippen LogP contribution >= 0.6 is 0 Å². The lowest BCUT2D eigenvalue weighted by Gasteiger charge is -2.34. The topological polar surface area (TPSA) is 61.0 Å². The zero-order chi connectivity index (χ0) is 13.7. The minimum atomic E-state index is 0.209. The quantitative estimate of drug-likeness (QED) is 0.841. The third kappa shape index (κ3) is 3.80. The molecule has 2 rings (SSSR count). The molecular weight excluding hydrogens is 240 g/mol.